The molecule has 164 valence electrons. The summed E-state index contributed by atoms with van der Waals surface area (Å²) < 4.78 is 11.7. The maximum atomic E-state index is 13.4. The predicted octanol–water partition coefficient (Wildman–Crippen LogP) is 2.99. The van der Waals surface area contributed by atoms with Crippen molar-refractivity contribution < 1.29 is 14.3 Å². The third-order valence-corrected chi connectivity index (χ3v) is 7.12. The summed E-state index contributed by atoms with van der Waals surface area (Å²) in [4.78, 5) is 17.4. The summed E-state index contributed by atoms with van der Waals surface area (Å²) >= 11 is 0. The first-order chi connectivity index (χ1) is 14.4. The fraction of sp³-hybridized carbons (Fsp3) is 0.708. The van der Waals surface area contributed by atoms with E-state index < -0.39 is 0 Å². The Hall–Kier alpha value is -1.63. The molecule has 3 saturated heterocycles. The Morgan fingerprint density at radius 1 is 1.13 bits per heavy atom. The lowest BCUT2D eigenvalue weighted by Crippen LogP contribution is -2.52. The van der Waals surface area contributed by atoms with Gasteiger partial charge < -0.3 is 24.6 Å². The molecule has 1 aromatic rings. The topological polar surface area (TPSA) is 54.0 Å². The van der Waals surface area contributed by atoms with Gasteiger partial charge in [-0.1, -0.05) is 32.9 Å². The molecule has 1 aromatic carbocycles. The third kappa shape index (κ3) is 3.85. The van der Waals surface area contributed by atoms with Crippen LogP contribution >= 0.6 is 0 Å². The van der Waals surface area contributed by atoms with Crippen molar-refractivity contribution in [3.8, 4) is 0 Å². The number of amides is 2. The first kappa shape index (κ1) is 20.3. The zero-order chi connectivity index (χ0) is 20.9. The molecule has 2 bridgehead atoms. The van der Waals surface area contributed by atoms with Crippen LogP contribution in [-0.4, -0.2) is 67.4 Å². The summed E-state index contributed by atoms with van der Waals surface area (Å²) in [5, 5.41) is 3.64. The number of hydrogen-bond donors (Lipinski definition) is 1. The van der Waals surface area contributed by atoms with E-state index in [1.54, 1.807) is 0 Å². The first-order valence-corrected chi connectivity index (χ1v) is 11.5. The smallest absolute Gasteiger partial charge is 0.320 e. The van der Waals surface area contributed by atoms with Crippen molar-refractivity contribution in [2.75, 3.05) is 39.4 Å². The van der Waals surface area contributed by atoms with E-state index in [0.717, 1.165) is 52.0 Å². The second kappa shape index (κ2) is 7.81. The molecule has 3 atom stereocenters. The van der Waals surface area contributed by atoms with E-state index in [1.165, 1.54) is 22.3 Å². The van der Waals surface area contributed by atoms with Crippen molar-refractivity contribution >= 4 is 6.03 Å². The number of ether oxygens (including phenoxy) is 2. The molecule has 1 N–H and O–H groups in total. The van der Waals surface area contributed by atoms with Crippen LogP contribution in [-0.2, 0) is 27.9 Å². The molecule has 30 heavy (non-hydrogen) atoms. The molecule has 4 aliphatic heterocycles. The Morgan fingerprint density at radius 2 is 1.90 bits per heavy atom. The van der Waals surface area contributed by atoms with Crippen LogP contribution in [0.5, 0.6) is 0 Å². The van der Waals surface area contributed by atoms with Crippen LogP contribution in [0.1, 0.15) is 61.9 Å². The van der Waals surface area contributed by atoms with Gasteiger partial charge in [-0.25, -0.2) is 4.79 Å². The van der Waals surface area contributed by atoms with Crippen LogP contribution in [0.2, 0.25) is 0 Å². The molecular weight excluding hydrogens is 378 g/mol. The van der Waals surface area contributed by atoms with Gasteiger partial charge in [0, 0.05) is 32.7 Å². The van der Waals surface area contributed by atoms with Crippen molar-refractivity contribution in [1.82, 2.24) is 15.1 Å². The minimum Gasteiger partial charge on any atom is -0.378 e. The van der Waals surface area contributed by atoms with Gasteiger partial charge in [0.05, 0.1) is 31.5 Å². The van der Waals surface area contributed by atoms with Gasteiger partial charge in [-0.15, -0.1) is 0 Å². The van der Waals surface area contributed by atoms with Crippen molar-refractivity contribution in [2.45, 2.75) is 70.2 Å². The van der Waals surface area contributed by atoms with Crippen molar-refractivity contribution in [3.63, 3.8) is 0 Å². The zero-order valence-corrected chi connectivity index (χ0v) is 18.6. The van der Waals surface area contributed by atoms with Crippen molar-refractivity contribution in [1.29, 1.82) is 0 Å². The van der Waals surface area contributed by atoms with E-state index in [-0.39, 0.29) is 29.7 Å². The molecule has 6 nitrogen and oxygen atoms in total. The number of carbonyl (C=O) groups is 1. The van der Waals surface area contributed by atoms with Gasteiger partial charge >= 0.3 is 6.03 Å². The molecule has 0 aliphatic carbocycles. The molecule has 2 unspecified atom stereocenters. The highest BCUT2D eigenvalue weighted by Gasteiger charge is 2.38. The van der Waals surface area contributed by atoms with E-state index in [4.69, 9.17) is 9.47 Å². The number of carbonyl (C=O) groups excluding carboxylic acids is 1. The lowest BCUT2D eigenvalue weighted by Gasteiger charge is -2.39. The normalized spacial score (nSPS) is 29.1. The average molecular weight is 414 g/mol. The summed E-state index contributed by atoms with van der Waals surface area (Å²) in [6, 6.07) is 5.11. The monoisotopic (exact) mass is 413 g/mol. The summed E-state index contributed by atoms with van der Waals surface area (Å²) in [6.45, 7) is 12.1. The summed E-state index contributed by atoms with van der Waals surface area (Å²) in [6.07, 6.45) is 3.56. The number of fused-ring (bicyclic) bond motifs is 3. The number of urea groups is 1. The fourth-order valence-corrected chi connectivity index (χ4v) is 5.34. The van der Waals surface area contributed by atoms with Gasteiger partial charge in [-0.3, -0.25) is 0 Å². The minimum atomic E-state index is 0.0966. The Bertz CT molecular complexity index is 801. The van der Waals surface area contributed by atoms with Crippen LogP contribution < -0.4 is 5.32 Å². The van der Waals surface area contributed by atoms with E-state index in [1.807, 2.05) is 4.90 Å². The van der Waals surface area contributed by atoms with Gasteiger partial charge in [-0.2, -0.15) is 0 Å². The fourth-order valence-electron chi connectivity index (χ4n) is 5.34. The maximum Gasteiger partial charge on any atom is 0.320 e. The summed E-state index contributed by atoms with van der Waals surface area (Å²) in [5.74, 6) is 0. The zero-order valence-electron chi connectivity index (χ0n) is 18.6. The number of morpholine rings is 2. The number of nitrogens with zero attached hydrogens (tertiary/aromatic N) is 2. The minimum absolute atomic E-state index is 0.0966. The summed E-state index contributed by atoms with van der Waals surface area (Å²) in [7, 11) is 0. The Balaban J connectivity index is 1.42. The first-order valence-electron chi connectivity index (χ1n) is 11.5. The number of rotatable bonds is 1. The maximum absolute atomic E-state index is 13.4. The highest BCUT2D eigenvalue weighted by Crippen LogP contribution is 2.35. The largest absolute Gasteiger partial charge is 0.378 e. The Labute approximate surface area is 179 Å². The van der Waals surface area contributed by atoms with E-state index >= 15 is 0 Å². The highest BCUT2D eigenvalue weighted by atomic mass is 16.5. The van der Waals surface area contributed by atoms with Gasteiger partial charge in [0.15, 0.2) is 0 Å². The number of nitrogens with one attached hydrogen (secondary N) is 1. The van der Waals surface area contributed by atoms with Gasteiger partial charge in [0.1, 0.15) is 0 Å². The van der Waals surface area contributed by atoms with E-state index in [0.29, 0.717) is 13.2 Å². The highest BCUT2D eigenvalue weighted by molar-refractivity contribution is 5.75. The van der Waals surface area contributed by atoms with Crippen molar-refractivity contribution in [2.24, 2.45) is 0 Å². The molecule has 0 aromatic heterocycles. The molecule has 5 rings (SSSR count). The number of benzene rings is 1. The standard InChI is InChI=1S/C24H35N3O3/c1-24(2,3)17-10-16-6-8-26(23(28)27-12-18-4-5-19(13-27)30-18)14-21(16)20(11-17)22-15-29-9-7-25-22/h10-11,18-19,22,25H,4-9,12-15H2,1-3H3/t18?,19?,22-/m0/s1. The van der Waals surface area contributed by atoms with Gasteiger partial charge in [0.2, 0.25) is 0 Å². The van der Waals surface area contributed by atoms with Crippen LogP contribution in [0.3, 0.4) is 0 Å². The van der Waals surface area contributed by atoms with Gasteiger partial charge in [0.25, 0.3) is 0 Å². The molecule has 4 aliphatic rings. The molecule has 0 spiro atoms. The molecule has 3 fully saturated rings. The van der Waals surface area contributed by atoms with Crippen molar-refractivity contribution in [3.05, 3.63) is 34.4 Å². The molecule has 0 radical (unpaired) electrons. The molecule has 0 saturated carbocycles. The summed E-state index contributed by atoms with van der Waals surface area (Å²) in [5.41, 5.74) is 5.50. The number of likely N-dealkylation sites (tertiary alicyclic amines) is 1. The van der Waals surface area contributed by atoms with Crippen LogP contribution in [0, 0.1) is 0 Å². The molecule has 4 heterocycles. The second-order valence-corrected chi connectivity index (χ2v) is 10.4. The molecular formula is C24H35N3O3. The predicted molar refractivity (Wildman–Crippen MR) is 116 cm³/mol. The number of hydrogen-bond acceptors (Lipinski definition) is 4. The molecule has 2 amide bonds. The quantitative estimate of drug-likeness (QED) is 0.769. The van der Waals surface area contributed by atoms with Gasteiger partial charge in [-0.05, 0) is 46.9 Å². The SMILES string of the molecule is CC(C)(C)c1cc2c(c([C@@H]3COCCN3)c1)CN(C(=O)N1CC3CCC(C1)O3)CC2. The lowest BCUT2D eigenvalue weighted by atomic mass is 9.80. The van der Waals surface area contributed by atoms with E-state index in [2.05, 4.69) is 43.1 Å². The third-order valence-electron chi connectivity index (χ3n) is 7.12. The van der Waals surface area contributed by atoms with E-state index in [9.17, 15) is 4.79 Å². The average Bonchev–Trinajstić information content (AvgIpc) is 3.09. The lowest BCUT2D eigenvalue weighted by molar-refractivity contribution is -0.0291. The second-order valence-electron chi connectivity index (χ2n) is 10.4. The van der Waals surface area contributed by atoms with Crippen LogP contribution in [0.15, 0.2) is 12.1 Å². The van der Waals surface area contributed by atoms with Crippen LogP contribution in [0.25, 0.3) is 0 Å². The Kier molecular flexibility index (Phi) is 5.28. The van der Waals surface area contributed by atoms with Crippen LogP contribution in [0.4, 0.5) is 4.79 Å². The molecule has 6 heteroatoms. The Morgan fingerprint density at radius 3 is 2.57 bits per heavy atom.